The minimum Gasteiger partial charge on any atom is -0.491 e. The summed E-state index contributed by atoms with van der Waals surface area (Å²) in [6, 6.07) is 10.9. The average molecular weight is 328 g/mol. The highest BCUT2D eigenvalue weighted by Gasteiger charge is 2.29. The van der Waals surface area contributed by atoms with Crippen LogP contribution in [-0.2, 0) is 7.05 Å². The molecule has 2 heterocycles. The summed E-state index contributed by atoms with van der Waals surface area (Å²) < 4.78 is 12.5. The summed E-state index contributed by atoms with van der Waals surface area (Å²) in [6.07, 6.45) is 2.26. The number of amides is 1. The molecular formula is C18H20N2O4. The number of hydrogen-bond donors (Lipinski definition) is 0. The van der Waals surface area contributed by atoms with Crippen molar-refractivity contribution in [3.05, 3.63) is 58.5 Å². The van der Waals surface area contributed by atoms with Crippen LogP contribution < -0.4 is 14.9 Å². The molecule has 1 saturated heterocycles. The van der Waals surface area contributed by atoms with Crippen LogP contribution in [0.15, 0.2) is 47.4 Å². The van der Waals surface area contributed by atoms with Gasteiger partial charge in [-0.15, -0.1) is 0 Å². The fourth-order valence-electron chi connectivity index (χ4n) is 2.83. The number of methoxy groups -OCH3 is 1. The summed E-state index contributed by atoms with van der Waals surface area (Å²) in [7, 11) is 3.16. The van der Waals surface area contributed by atoms with Crippen LogP contribution in [0.25, 0.3) is 0 Å². The quantitative estimate of drug-likeness (QED) is 0.857. The minimum atomic E-state index is -0.296. The first-order valence-corrected chi connectivity index (χ1v) is 7.84. The standard InChI is InChI=1S/C18H20N2O4/c1-19-12-17(23-2)16(21)10-15(19)18(22)20-9-8-14(11-20)24-13-6-4-3-5-7-13/h3-7,10,12,14H,8-9,11H2,1-2H3/t14-/m1/s1. The predicted molar refractivity (Wildman–Crippen MR) is 89.6 cm³/mol. The Labute approximate surface area is 140 Å². The number of aromatic nitrogens is 1. The van der Waals surface area contributed by atoms with E-state index in [4.69, 9.17) is 9.47 Å². The number of pyridine rings is 1. The molecule has 0 spiro atoms. The van der Waals surface area contributed by atoms with Crippen molar-refractivity contribution in [1.82, 2.24) is 9.47 Å². The zero-order chi connectivity index (χ0) is 17.1. The molecule has 0 aliphatic carbocycles. The maximum Gasteiger partial charge on any atom is 0.270 e. The van der Waals surface area contributed by atoms with Crippen molar-refractivity contribution in [1.29, 1.82) is 0 Å². The van der Waals surface area contributed by atoms with Gasteiger partial charge in [0.05, 0.1) is 19.9 Å². The first kappa shape index (κ1) is 16.1. The van der Waals surface area contributed by atoms with Gasteiger partial charge in [-0.25, -0.2) is 0 Å². The van der Waals surface area contributed by atoms with Gasteiger partial charge in [0.25, 0.3) is 5.91 Å². The fraction of sp³-hybridized carbons (Fsp3) is 0.333. The number of likely N-dealkylation sites (tertiary alicyclic amines) is 1. The van der Waals surface area contributed by atoms with Crippen molar-refractivity contribution in [2.75, 3.05) is 20.2 Å². The lowest BCUT2D eigenvalue weighted by atomic mass is 10.3. The van der Waals surface area contributed by atoms with E-state index in [-0.39, 0.29) is 23.2 Å². The van der Waals surface area contributed by atoms with Crippen molar-refractivity contribution in [3.8, 4) is 11.5 Å². The number of para-hydroxylation sites is 1. The first-order valence-electron chi connectivity index (χ1n) is 7.84. The molecule has 0 unspecified atom stereocenters. The van der Waals surface area contributed by atoms with Crippen molar-refractivity contribution < 1.29 is 14.3 Å². The highest BCUT2D eigenvalue weighted by Crippen LogP contribution is 2.19. The van der Waals surface area contributed by atoms with Gasteiger partial charge in [-0.2, -0.15) is 0 Å². The molecule has 126 valence electrons. The average Bonchev–Trinajstić information content (AvgIpc) is 3.05. The van der Waals surface area contributed by atoms with Crippen LogP contribution in [0.5, 0.6) is 11.5 Å². The van der Waals surface area contributed by atoms with Crippen LogP contribution in [0.3, 0.4) is 0 Å². The van der Waals surface area contributed by atoms with Crippen molar-refractivity contribution in [2.24, 2.45) is 7.05 Å². The molecule has 1 aromatic heterocycles. The number of rotatable bonds is 4. The van der Waals surface area contributed by atoms with Gasteiger partial charge in [0, 0.05) is 26.1 Å². The Bertz CT molecular complexity index is 785. The van der Waals surface area contributed by atoms with E-state index in [0.717, 1.165) is 12.2 Å². The molecule has 0 saturated carbocycles. The zero-order valence-corrected chi connectivity index (χ0v) is 13.8. The Kier molecular flexibility index (Phi) is 4.55. The van der Waals surface area contributed by atoms with Gasteiger partial charge < -0.3 is 18.9 Å². The lowest BCUT2D eigenvalue weighted by molar-refractivity contribution is 0.0762. The molecule has 1 aliphatic heterocycles. The molecule has 1 amide bonds. The molecule has 2 aromatic rings. The normalized spacial score (nSPS) is 16.9. The number of carbonyl (C=O) groups excluding carboxylic acids is 1. The molecule has 1 fully saturated rings. The number of hydrogen-bond acceptors (Lipinski definition) is 4. The number of nitrogens with zero attached hydrogens (tertiary/aromatic N) is 2. The molecule has 6 heteroatoms. The molecule has 0 radical (unpaired) electrons. The van der Waals surface area contributed by atoms with Gasteiger partial charge in [0.1, 0.15) is 17.5 Å². The fourth-order valence-corrected chi connectivity index (χ4v) is 2.83. The summed E-state index contributed by atoms with van der Waals surface area (Å²) in [5.74, 6) is 0.853. The summed E-state index contributed by atoms with van der Waals surface area (Å²) in [4.78, 5) is 26.3. The van der Waals surface area contributed by atoms with Crippen LogP contribution in [0, 0.1) is 0 Å². The summed E-state index contributed by atoms with van der Waals surface area (Å²) >= 11 is 0. The third-order valence-corrected chi connectivity index (χ3v) is 4.12. The van der Waals surface area contributed by atoms with Gasteiger partial charge in [-0.05, 0) is 12.1 Å². The molecule has 24 heavy (non-hydrogen) atoms. The lowest BCUT2D eigenvalue weighted by Crippen LogP contribution is -2.33. The van der Waals surface area contributed by atoms with E-state index in [1.54, 1.807) is 16.5 Å². The van der Waals surface area contributed by atoms with E-state index in [2.05, 4.69) is 0 Å². The highest BCUT2D eigenvalue weighted by atomic mass is 16.5. The molecule has 0 N–H and O–H groups in total. The molecule has 0 bridgehead atoms. The second-order valence-corrected chi connectivity index (χ2v) is 5.79. The van der Waals surface area contributed by atoms with Crippen molar-refractivity contribution in [2.45, 2.75) is 12.5 Å². The second kappa shape index (κ2) is 6.78. The van der Waals surface area contributed by atoms with E-state index in [0.29, 0.717) is 18.8 Å². The summed E-state index contributed by atoms with van der Waals surface area (Å²) in [6.45, 7) is 1.12. The van der Waals surface area contributed by atoms with Crippen molar-refractivity contribution in [3.63, 3.8) is 0 Å². The largest absolute Gasteiger partial charge is 0.491 e. The van der Waals surface area contributed by atoms with Gasteiger partial charge >= 0.3 is 0 Å². The lowest BCUT2D eigenvalue weighted by Gasteiger charge is -2.19. The van der Waals surface area contributed by atoms with E-state index >= 15 is 0 Å². The van der Waals surface area contributed by atoms with Crippen LogP contribution in [0.2, 0.25) is 0 Å². The number of aryl methyl sites for hydroxylation is 1. The Hall–Kier alpha value is -2.76. The topological polar surface area (TPSA) is 60.8 Å². The van der Waals surface area contributed by atoms with Crippen LogP contribution in [0.1, 0.15) is 16.9 Å². The molecule has 3 rings (SSSR count). The van der Waals surface area contributed by atoms with Gasteiger partial charge in [0.15, 0.2) is 5.75 Å². The van der Waals surface area contributed by atoms with E-state index < -0.39 is 0 Å². The van der Waals surface area contributed by atoms with E-state index in [1.165, 1.54) is 19.4 Å². The maximum atomic E-state index is 12.7. The third kappa shape index (κ3) is 3.27. The Morgan fingerprint density at radius 2 is 2.00 bits per heavy atom. The Balaban J connectivity index is 1.71. The first-order chi connectivity index (χ1) is 11.6. The third-order valence-electron chi connectivity index (χ3n) is 4.12. The van der Waals surface area contributed by atoms with Crippen molar-refractivity contribution >= 4 is 5.91 Å². The predicted octanol–water partition coefficient (Wildman–Crippen LogP) is 1.69. The molecule has 1 atom stereocenters. The monoisotopic (exact) mass is 328 g/mol. The van der Waals surface area contributed by atoms with Gasteiger partial charge in [-0.1, -0.05) is 18.2 Å². The smallest absolute Gasteiger partial charge is 0.270 e. The van der Waals surface area contributed by atoms with Crippen LogP contribution in [-0.4, -0.2) is 41.7 Å². The minimum absolute atomic E-state index is 0.0355. The van der Waals surface area contributed by atoms with E-state index in [1.807, 2.05) is 30.3 Å². The molecule has 1 aliphatic rings. The number of carbonyl (C=O) groups is 1. The second-order valence-electron chi connectivity index (χ2n) is 5.79. The maximum absolute atomic E-state index is 12.7. The highest BCUT2D eigenvalue weighted by molar-refractivity contribution is 5.92. The summed E-state index contributed by atoms with van der Waals surface area (Å²) in [5, 5.41) is 0. The zero-order valence-electron chi connectivity index (χ0n) is 13.8. The van der Waals surface area contributed by atoms with Gasteiger partial charge in [-0.3, -0.25) is 9.59 Å². The van der Waals surface area contributed by atoms with E-state index in [9.17, 15) is 9.59 Å². The molecule has 1 aromatic carbocycles. The van der Waals surface area contributed by atoms with Crippen LogP contribution >= 0.6 is 0 Å². The SMILES string of the molecule is COc1cn(C)c(C(=O)N2CC[C@@H](Oc3ccccc3)C2)cc1=O. The summed E-state index contributed by atoms with van der Waals surface area (Å²) in [5.41, 5.74) is 0.0522. The molecular weight excluding hydrogens is 308 g/mol. The molecule has 6 nitrogen and oxygen atoms in total. The number of benzene rings is 1. The number of ether oxygens (including phenoxy) is 2. The Morgan fingerprint density at radius 3 is 2.71 bits per heavy atom. The Morgan fingerprint density at radius 1 is 1.25 bits per heavy atom. The van der Waals surface area contributed by atoms with Gasteiger partial charge in [0.2, 0.25) is 5.43 Å². The van der Waals surface area contributed by atoms with Crippen LogP contribution in [0.4, 0.5) is 0 Å².